The summed E-state index contributed by atoms with van der Waals surface area (Å²) in [6.45, 7) is 5.23. The minimum absolute atomic E-state index is 0.611. The zero-order valence-electron chi connectivity index (χ0n) is 11.1. The van der Waals surface area contributed by atoms with Crippen molar-refractivity contribution in [2.75, 3.05) is 24.5 Å². The Morgan fingerprint density at radius 2 is 2.26 bits per heavy atom. The lowest BCUT2D eigenvalue weighted by atomic mass is 9.94. The van der Waals surface area contributed by atoms with Crippen LogP contribution in [0, 0.1) is 12.8 Å². The first-order valence-corrected chi connectivity index (χ1v) is 6.97. The third kappa shape index (κ3) is 1.70. The van der Waals surface area contributed by atoms with E-state index in [1.54, 1.807) is 0 Å². The second kappa shape index (κ2) is 4.16. The zero-order chi connectivity index (χ0) is 12.8. The summed E-state index contributed by atoms with van der Waals surface area (Å²) in [6, 6.07) is 0.611. The second-order valence-electron chi connectivity index (χ2n) is 5.56. The van der Waals surface area contributed by atoms with Crippen molar-refractivity contribution >= 4 is 11.5 Å². The van der Waals surface area contributed by atoms with Crippen LogP contribution in [0.3, 0.4) is 0 Å². The van der Waals surface area contributed by atoms with Gasteiger partial charge in [0.25, 0.3) is 0 Å². The summed E-state index contributed by atoms with van der Waals surface area (Å²) >= 11 is 0. The number of hydrogen-bond acceptors (Lipinski definition) is 5. The van der Waals surface area contributed by atoms with Crippen molar-refractivity contribution in [2.24, 2.45) is 5.92 Å². The van der Waals surface area contributed by atoms with Crippen LogP contribution in [0.2, 0.25) is 0 Å². The van der Waals surface area contributed by atoms with Gasteiger partial charge >= 0.3 is 0 Å². The van der Waals surface area contributed by atoms with Crippen LogP contribution in [0.4, 0.5) is 5.82 Å². The van der Waals surface area contributed by atoms with Crippen molar-refractivity contribution < 1.29 is 0 Å². The molecule has 0 unspecified atom stereocenters. The highest BCUT2D eigenvalue weighted by Gasteiger charge is 2.35. The highest BCUT2D eigenvalue weighted by molar-refractivity contribution is 5.64. The Balaban J connectivity index is 1.71. The number of rotatable bonds is 1. The van der Waals surface area contributed by atoms with Crippen molar-refractivity contribution in [1.82, 2.24) is 24.9 Å². The molecule has 2 aliphatic heterocycles. The van der Waals surface area contributed by atoms with Gasteiger partial charge in [0, 0.05) is 31.5 Å². The van der Waals surface area contributed by atoms with E-state index in [0.717, 1.165) is 42.8 Å². The third-order valence-corrected chi connectivity index (χ3v) is 4.38. The molecule has 2 saturated heterocycles. The fourth-order valence-corrected chi connectivity index (χ4v) is 3.37. The number of nitrogens with zero attached hydrogens (tertiary/aromatic N) is 5. The molecule has 4 heterocycles. The van der Waals surface area contributed by atoms with Gasteiger partial charge in [-0.2, -0.15) is 0 Å². The Bertz CT molecular complexity index is 592. The predicted molar refractivity (Wildman–Crippen MR) is 72.2 cm³/mol. The van der Waals surface area contributed by atoms with Gasteiger partial charge in [0.15, 0.2) is 5.82 Å². The molecule has 0 spiro atoms. The standard InChI is InChI=1S/C13H18N6/c1-9-16-17-13-12(15-5-6-19(9)13)18-7-10-3-2-4-14-11(10)8-18/h5-6,10-11,14H,2-4,7-8H2,1H3/t10-,11+/m0/s1. The third-order valence-electron chi connectivity index (χ3n) is 4.38. The smallest absolute Gasteiger partial charge is 0.203 e. The number of fused-ring (bicyclic) bond motifs is 2. The summed E-state index contributed by atoms with van der Waals surface area (Å²) in [5, 5.41) is 12.0. The normalized spacial score (nSPS) is 26.9. The van der Waals surface area contributed by atoms with Crippen LogP contribution in [0.1, 0.15) is 18.7 Å². The molecule has 0 bridgehead atoms. The number of piperidine rings is 1. The Hall–Kier alpha value is -1.69. The van der Waals surface area contributed by atoms with Crippen LogP contribution in [0.15, 0.2) is 12.4 Å². The Labute approximate surface area is 111 Å². The summed E-state index contributed by atoms with van der Waals surface area (Å²) in [5.41, 5.74) is 0.874. The lowest BCUT2D eigenvalue weighted by molar-refractivity contribution is 0.340. The molecule has 0 aromatic carbocycles. The molecule has 4 rings (SSSR count). The van der Waals surface area contributed by atoms with Gasteiger partial charge in [0.1, 0.15) is 5.82 Å². The molecular formula is C13H18N6. The van der Waals surface area contributed by atoms with Crippen LogP contribution >= 0.6 is 0 Å². The molecule has 0 amide bonds. The average Bonchev–Trinajstić information content (AvgIpc) is 3.03. The van der Waals surface area contributed by atoms with Gasteiger partial charge in [-0.1, -0.05) is 0 Å². The molecule has 0 saturated carbocycles. The molecule has 2 aromatic rings. The highest BCUT2D eigenvalue weighted by Crippen LogP contribution is 2.29. The molecule has 1 N–H and O–H groups in total. The van der Waals surface area contributed by atoms with E-state index in [1.165, 1.54) is 12.8 Å². The van der Waals surface area contributed by atoms with E-state index in [4.69, 9.17) is 0 Å². The molecule has 2 aromatic heterocycles. The lowest BCUT2D eigenvalue weighted by Crippen LogP contribution is -2.40. The van der Waals surface area contributed by atoms with Crippen molar-refractivity contribution in [2.45, 2.75) is 25.8 Å². The van der Waals surface area contributed by atoms with Crippen molar-refractivity contribution in [3.05, 3.63) is 18.2 Å². The van der Waals surface area contributed by atoms with E-state index in [0.29, 0.717) is 6.04 Å². The fourth-order valence-electron chi connectivity index (χ4n) is 3.37. The molecule has 6 heteroatoms. The van der Waals surface area contributed by atoms with Gasteiger partial charge in [0.2, 0.25) is 5.65 Å². The molecule has 0 aliphatic carbocycles. The molecule has 2 fully saturated rings. The second-order valence-corrected chi connectivity index (χ2v) is 5.56. The number of nitrogens with one attached hydrogen (secondary N) is 1. The first-order chi connectivity index (χ1) is 9.33. The van der Waals surface area contributed by atoms with Crippen LogP contribution < -0.4 is 10.2 Å². The van der Waals surface area contributed by atoms with Crippen molar-refractivity contribution in [3.63, 3.8) is 0 Å². The maximum Gasteiger partial charge on any atom is 0.203 e. The van der Waals surface area contributed by atoms with Gasteiger partial charge < -0.3 is 10.2 Å². The molecular weight excluding hydrogens is 240 g/mol. The summed E-state index contributed by atoms with van der Waals surface area (Å²) in [7, 11) is 0. The number of hydrogen-bond donors (Lipinski definition) is 1. The van der Waals surface area contributed by atoms with Crippen LogP contribution in [0.5, 0.6) is 0 Å². The minimum atomic E-state index is 0.611. The van der Waals surface area contributed by atoms with E-state index in [9.17, 15) is 0 Å². The first-order valence-electron chi connectivity index (χ1n) is 6.97. The van der Waals surface area contributed by atoms with Gasteiger partial charge in [0.05, 0.1) is 0 Å². The first kappa shape index (κ1) is 11.2. The fraction of sp³-hybridized carbons (Fsp3) is 0.615. The van der Waals surface area contributed by atoms with E-state index >= 15 is 0 Å². The van der Waals surface area contributed by atoms with E-state index in [-0.39, 0.29) is 0 Å². The largest absolute Gasteiger partial charge is 0.352 e. The van der Waals surface area contributed by atoms with Crippen LogP contribution in [0.25, 0.3) is 5.65 Å². The van der Waals surface area contributed by atoms with E-state index in [1.807, 2.05) is 23.7 Å². The molecule has 6 nitrogen and oxygen atoms in total. The number of aryl methyl sites for hydroxylation is 1. The zero-order valence-corrected chi connectivity index (χ0v) is 11.1. The van der Waals surface area contributed by atoms with E-state index in [2.05, 4.69) is 25.4 Å². The van der Waals surface area contributed by atoms with Crippen LogP contribution in [-0.2, 0) is 0 Å². The summed E-state index contributed by atoms with van der Waals surface area (Å²) in [6.07, 6.45) is 6.38. The molecule has 100 valence electrons. The summed E-state index contributed by atoms with van der Waals surface area (Å²) in [5.74, 6) is 2.63. The Kier molecular flexibility index (Phi) is 2.44. The van der Waals surface area contributed by atoms with Crippen LogP contribution in [-0.4, -0.2) is 45.3 Å². The lowest BCUT2D eigenvalue weighted by Gasteiger charge is -2.24. The highest BCUT2D eigenvalue weighted by atomic mass is 15.3. The topological polar surface area (TPSA) is 58.4 Å². The van der Waals surface area contributed by atoms with E-state index < -0.39 is 0 Å². The predicted octanol–water partition coefficient (Wildman–Crippen LogP) is 0.621. The van der Waals surface area contributed by atoms with Gasteiger partial charge in [-0.25, -0.2) is 4.98 Å². The van der Waals surface area contributed by atoms with Gasteiger partial charge in [-0.05, 0) is 32.2 Å². The SMILES string of the molecule is Cc1nnc2c(N3C[C@@H]4CCCN[C@@H]4C3)nccn12. The average molecular weight is 258 g/mol. The monoisotopic (exact) mass is 258 g/mol. The quantitative estimate of drug-likeness (QED) is 0.812. The number of anilines is 1. The van der Waals surface area contributed by atoms with Crippen molar-refractivity contribution in [1.29, 1.82) is 0 Å². The van der Waals surface area contributed by atoms with Crippen molar-refractivity contribution in [3.8, 4) is 0 Å². The Morgan fingerprint density at radius 3 is 3.16 bits per heavy atom. The summed E-state index contributed by atoms with van der Waals surface area (Å²) < 4.78 is 2.01. The number of aromatic nitrogens is 4. The molecule has 2 aliphatic rings. The van der Waals surface area contributed by atoms with Gasteiger partial charge in [-0.15, -0.1) is 10.2 Å². The molecule has 0 radical (unpaired) electrons. The summed E-state index contributed by atoms with van der Waals surface area (Å²) in [4.78, 5) is 6.89. The maximum atomic E-state index is 4.53. The molecule has 19 heavy (non-hydrogen) atoms. The minimum Gasteiger partial charge on any atom is -0.352 e. The van der Waals surface area contributed by atoms with Gasteiger partial charge in [-0.3, -0.25) is 4.40 Å². The molecule has 2 atom stereocenters. The Morgan fingerprint density at radius 1 is 1.32 bits per heavy atom. The maximum absolute atomic E-state index is 4.53.